The van der Waals surface area contributed by atoms with Crippen molar-refractivity contribution in [2.24, 2.45) is 0 Å². The van der Waals surface area contributed by atoms with Crippen LogP contribution in [0.1, 0.15) is 38.3 Å². The summed E-state index contributed by atoms with van der Waals surface area (Å²) in [4.78, 5) is 19.2. The molecule has 0 atom stereocenters. The van der Waals surface area contributed by atoms with Gasteiger partial charge in [-0.1, -0.05) is 17.7 Å². The first-order valence-electron chi connectivity index (χ1n) is 7.72. The number of pyridine rings is 1. The molecule has 24 heavy (non-hydrogen) atoms. The van der Waals surface area contributed by atoms with Crippen molar-refractivity contribution in [2.45, 2.75) is 27.2 Å². The van der Waals surface area contributed by atoms with Gasteiger partial charge in [0.25, 0.3) is 0 Å². The number of aromatic amines is 1. The molecule has 0 saturated carbocycles. The Kier molecular flexibility index (Phi) is 4.45. The van der Waals surface area contributed by atoms with Gasteiger partial charge >= 0.3 is 5.97 Å². The van der Waals surface area contributed by atoms with Gasteiger partial charge in [-0.3, -0.25) is 0 Å². The molecule has 3 rings (SSSR count). The molecular weight excluding hydrogens is 368 g/mol. The number of aryl methyl sites for hydroxylation is 3. The number of methoxy groups -OCH3 is 1. The monoisotopic (exact) mass is 386 g/mol. The molecule has 0 aliphatic rings. The average Bonchev–Trinajstić information content (AvgIpc) is 2.96. The number of aromatic nitrogens is 2. The van der Waals surface area contributed by atoms with Crippen LogP contribution in [0.25, 0.3) is 11.0 Å². The van der Waals surface area contributed by atoms with Gasteiger partial charge < -0.3 is 9.72 Å². The third kappa shape index (κ3) is 2.96. The largest absolute Gasteiger partial charge is 0.464 e. The molecule has 0 aliphatic heterocycles. The SMILES string of the molecule is COC(=O)c1cc2c(Cc3c(C)cc(C)cc3C)c(Br)cnc2[nH]1. The van der Waals surface area contributed by atoms with Gasteiger partial charge in [0.1, 0.15) is 11.3 Å². The van der Waals surface area contributed by atoms with E-state index >= 15 is 0 Å². The molecule has 2 aromatic heterocycles. The molecule has 0 saturated heterocycles. The van der Waals surface area contributed by atoms with Gasteiger partial charge in [0.15, 0.2) is 0 Å². The van der Waals surface area contributed by atoms with Gasteiger partial charge in [-0.05, 0) is 71.4 Å². The predicted octanol–water partition coefficient (Wildman–Crippen LogP) is 4.63. The number of benzene rings is 1. The van der Waals surface area contributed by atoms with Crippen LogP contribution in [0.5, 0.6) is 0 Å². The van der Waals surface area contributed by atoms with E-state index in [-0.39, 0.29) is 0 Å². The Morgan fingerprint density at radius 1 is 1.17 bits per heavy atom. The van der Waals surface area contributed by atoms with Crippen molar-refractivity contribution in [3.8, 4) is 0 Å². The molecule has 0 bridgehead atoms. The maximum absolute atomic E-state index is 11.8. The summed E-state index contributed by atoms with van der Waals surface area (Å²) in [6.07, 6.45) is 2.55. The van der Waals surface area contributed by atoms with E-state index in [1.54, 1.807) is 6.20 Å². The van der Waals surface area contributed by atoms with Crippen molar-refractivity contribution >= 4 is 32.9 Å². The number of hydrogen-bond acceptors (Lipinski definition) is 3. The van der Waals surface area contributed by atoms with Gasteiger partial charge in [-0.25, -0.2) is 9.78 Å². The van der Waals surface area contributed by atoms with Crippen LogP contribution >= 0.6 is 15.9 Å². The molecule has 124 valence electrons. The van der Waals surface area contributed by atoms with Crippen molar-refractivity contribution in [3.63, 3.8) is 0 Å². The van der Waals surface area contributed by atoms with Gasteiger partial charge in [-0.2, -0.15) is 0 Å². The summed E-state index contributed by atoms with van der Waals surface area (Å²) < 4.78 is 5.73. The van der Waals surface area contributed by atoms with Crippen molar-refractivity contribution < 1.29 is 9.53 Å². The Morgan fingerprint density at radius 2 is 1.83 bits per heavy atom. The van der Waals surface area contributed by atoms with Crippen LogP contribution in [0.15, 0.2) is 28.9 Å². The number of ether oxygens (including phenoxy) is 1. The fraction of sp³-hybridized carbons (Fsp3) is 0.263. The van der Waals surface area contributed by atoms with E-state index in [2.05, 4.69) is 58.8 Å². The van der Waals surface area contributed by atoms with E-state index in [1.807, 2.05) is 6.07 Å². The van der Waals surface area contributed by atoms with Crippen LogP contribution in [0.3, 0.4) is 0 Å². The van der Waals surface area contributed by atoms with Crippen LogP contribution in [-0.2, 0) is 11.2 Å². The van der Waals surface area contributed by atoms with Gasteiger partial charge in [0.2, 0.25) is 0 Å². The number of hydrogen-bond donors (Lipinski definition) is 1. The molecule has 3 aromatic rings. The number of nitrogens with zero attached hydrogens (tertiary/aromatic N) is 1. The molecule has 0 fully saturated rings. The summed E-state index contributed by atoms with van der Waals surface area (Å²) in [7, 11) is 1.37. The van der Waals surface area contributed by atoms with Crippen LogP contribution in [0, 0.1) is 20.8 Å². The van der Waals surface area contributed by atoms with Crippen molar-refractivity contribution in [1.82, 2.24) is 9.97 Å². The minimum Gasteiger partial charge on any atom is -0.464 e. The third-order valence-corrected chi connectivity index (χ3v) is 5.00. The average molecular weight is 387 g/mol. The molecule has 4 nitrogen and oxygen atoms in total. The lowest BCUT2D eigenvalue weighted by Crippen LogP contribution is -2.00. The van der Waals surface area contributed by atoms with Crippen LogP contribution < -0.4 is 0 Å². The zero-order valence-corrected chi connectivity index (χ0v) is 15.7. The number of esters is 1. The highest BCUT2D eigenvalue weighted by atomic mass is 79.9. The van der Waals surface area contributed by atoms with Crippen LogP contribution in [-0.4, -0.2) is 23.0 Å². The molecule has 0 unspecified atom stereocenters. The van der Waals surface area contributed by atoms with E-state index in [1.165, 1.54) is 29.4 Å². The molecule has 0 spiro atoms. The molecule has 0 aliphatic carbocycles. The summed E-state index contributed by atoms with van der Waals surface area (Å²) >= 11 is 3.61. The maximum Gasteiger partial charge on any atom is 0.354 e. The summed E-state index contributed by atoms with van der Waals surface area (Å²) in [6.45, 7) is 6.39. The molecule has 1 N–H and O–H groups in total. The lowest BCUT2D eigenvalue weighted by atomic mass is 9.93. The Bertz CT molecular complexity index is 921. The van der Waals surface area contributed by atoms with Crippen molar-refractivity contribution in [3.05, 3.63) is 62.4 Å². The van der Waals surface area contributed by atoms with Crippen LogP contribution in [0.2, 0.25) is 0 Å². The number of carbonyl (C=O) groups excluding carboxylic acids is 1. The smallest absolute Gasteiger partial charge is 0.354 e. The normalized spacial score (nSPS) is 11.0. The summed E-state index contributed by atoms with van der Waals surface area (Å²) in [6, 6.07) is 6.21. The van der Waals surface area contributed by atoms with E-state index < -0.39 is 5.97 Å². The Hall–Kier alpha value is -2.14. The van der Waals surface area contributed by atoms with E-state index in [4.69, 9.17) is 4.74 Å². The van der Waals surface area contributed by atoms with Crippen LogP contribution in [0.4, 0.5) is 0 Å². The summed E-state index contributed by atoms with van der Waals surface area (Å²) in [5.74, 6) is -0.391. The molecule has 1 aromatic carbocycles. The number of halogens is 1. The number of fused-ring (bicyclic) bond motifs is 1. The highest BCUT2D eigenvalue weighted by molar-refractivity contribution is 9.10. The minimum atomic E-state index is -0.391. The Labute approximate surface area is 149 Å². The second kappa shape index (κ2) is 6.40. The first-order chi connectivity index (χ1) is 11.4. The number of H-pyrrole nitrogens is 1. The maximum atomic E-state index is 11.8. The fourth-order valence-electron chi connectivity index (χ4n) is 3.17. The van der Waals surface area contributed by atoms with Crippen molar-refractivity contribution in [1.29, 1.82) is 0 Å². The number of nitrogens with one attached hydrogen (secondary N) is 1. The first-order valence-corrected chi connectivity index (χ1v) is 8.51. The van der Waals surface area contributed by atoms with E-state index in [0.29, 0.717) is 11.3 Å². The number of carbonyl (C=O) groups is 1. The minimum absolute atomic E-state index is 0.391. The van der Waals surface area contributed by atoms with E-state index in [0.717, 1.165) is 21.8 Å². The summed E-state index contributed by atoms with van der Waals surface area (Å²) in [5.41, 5.74) is 7.33. The zero-order valence-electron chi connectivity index (χ0n) is 14.2. The van der Waals surface area contributed by atoms with Gasteiger partial charge in [-0.15, -0.1) is 0 Å². The Morgan fingerprint density at radius 3 is 2.46 bits per heavy atom. The standard InChI is InChI=1S/C19H19BrN2O2/c1-10-5-11(2)13(12(3)6-10)7-14-15-8-17(19(23)24-4)22-18(15)21-9-16(14)20/h5-6,8-9H,7H2,1-4H3,(H,21,22). The third-order valence-electron chi connectivity index (χ3n) is 4.32. The second-order valence-corrected chi connectivity index (χ2v) is 6.93. The van der Waals surface area contributed by atoms with Crippen molar-refractivity contribution in [2.75, 3.05) is 7.11 Å². The quantitative estimate of drug-likeness (QED) is 0.667. The first kappa shape index (κ1) is 16.7. The fourth-order valence-corrected chi connectivity index (χ4v) is 3.62. The highest BCUT2D eigenvalue weighted by Gasteiger charge is 2.16. The molecule has 5 heteroatoms. The predicted molar refractivity (Wildman–Crippen MR) is 98.6 cm³/mol. The lowest BCUT2D eigenvalue weighted by molar-refractivity contribution is 0.0595. The van der Waals surface area contributed by atoms with Gasteiger partial charge in [0.05, 0.1) is 7.11 Å². The zero-order chi connectivity index (χ0) is 17.4. The molecule has 0 radical (unpaired) electrons. The topological polar surface area (TPSA) is 55.0 Å². The lowest BCUT2D eigenvalue weighted by Gasteiger charge is -2.13. The number of rotatable bonds is 3. The molecule has 0 amide bonds. The summed E-state index contributed by atoms with van der Waals surface area (Å²) in [5, 5.41) is 0.934. The second-order valence-electron chi connectivity index (χ2n) is 6.08. The molecular formula is C19H19BrN2O2. The Balaban J connectivity index is 2.14. The van der Waals surface area contributed by atoms with E-state index in [9.17, 15) is 4.79 Å². The highest BCUT2D eigenvalue weighted by Crippen LogP contribution is 2.30. The molecule has 2 heterocycles. The van der Waals surface area contributed by atoms with Gasteiger partial charge in [0, 0.05) is 16.1 Å².